The van der Waals surface area contributed by atoms with Crippen LogP contribution >= 0.6 is 11.6 Å². The Hall–Kier alpha value is -1.10. The van der Waals surface area contributed by atoms with E-state index in [1.165, 1.54) is 0 Å². The summed E-state index contributed by atoms with van der Waals surface area (Å²) in [4.78, 5) is 11.7. The molecule has 1 aliphatic rings. The summed E-state index contributed by atoms with van der Waals surface area (Å²) in [5.74, 6) is 0.187. The van der Waals surface area contributed by atoms with Crippen molar-refractivity contribution in [2.24, 2.45) is 5.92 Å². The van der Waals surface area contributed by atoms with E-state index >= 15 is 0 Å². The van der Waals surface area contributed by atoms with E-state index in [1.54, 1.807) is 0 Å². The second-order valence-electron chi connectivity index (χ2n) is 6.28. The molecule has 1 aromatic carbocycles. The predicted octanol–water partition coefficient (Wildman–Crippen LogP) is 2.83. The number of piperidine rings is 1. The van der Waals surface area contributed by atoms with Crippen molar-refractivity contribution >= 4 is 17.5 Å². The van der Waals surface area contributed by atoms with Gasteiger partial charge >= 0.3 is 0 Å². The van der Waals surface area contributed by atoms with Gasteiger partial charge in [-0.2, -0.15) is 0 Å². The summed E-state index contributed by atoms with van der Waals surface area (Å²) >= 11 is 6.12. The largest absolute Gasteiger partial charge is 0.385 e. The summed E-state index contributed by atoms with van der Waals surface area (Å²) in [5.41, 5.74) is -0.0836. The van der Waals surface area contributed by atoms with Crippen molar-refractivity contribution in [3.8, 4) is 0 Å². The minimum Gasteiger partial charge on any atom is -0.385 e. The van der Waals surface area contributed by atoms with Crippen LogP contribution in [-0.2, 0) is 10.4 Å². The molecule has 0 saturated carbocycles. The highest BCUT2D eigenvalue weighted by atomic mass is 35.5. The topological polar surface area (TPSA) is 61.4 Å². The molecule has 1 amide bonds. The zero-order valence-corrected chi connectivity index (χ0v) is 14.5. The number of nitrogens with one attached hydrogen (secondary N) is 2. The molecule has 3 N–H and O–H groups in total. The van der Waals surface area contributed by atoms with E-state index in [2.05, 4.69) is 10.6 Å². The molecule has 0 aromatic heterocycles. The Kier molecular flexibility index (Phi) is 6.88. The molecule has 0 aliphatic carbocycles. The molecular weight excluding hydrogens is 312 g/mol. The number of hydrogen-bond donors (Lipinski definition) is 3. The second kappa shape index (κ2) is 8.67. The average molecular weight is 339 g/mol. The first-order valence-corrected chi connectivity index (χ1v) is 8.90. The molecule has 2 rings (SSSR count). The molecule has 1 aromatic rings. The highest BCUT2D eigenvalue weighted by Gasteiger charge is 2.38. The summed E-state index contributed by atoms with van der Waals surface area (Å²) in [6.45, 7) is 4.35. The molecule has 128 valence electrons. The van der Waals surface area contributed by atoms with Gasteiger partial charge in [0, 0.05) is 30.5 Å². The van der Waals surface area contributed by atoms with Crippen LogP contribution in [0.1, 0.15) is 44.6 Å². The quantitative estimate of drug-likeness (QED) is 0.716. The van der Waals surface area contributed by atoms with Gasteiger partial charge in [0.2, 0.25) is 5.91 Å². The molecule has 0 bridgehead atoms. The number of halogens is 1. The molecule has 4 nitrogen and oxygen atoms in total. The first-order chi connectivity index (χ1) is 11.1. The minimum absolute atomic E-state index is 0.0442. The molecule has 1 fully saturated rings. The number of hydrogen-bond acceptors (Lipinski definition) is 3. The van der Waals surface area contributed by atoms with Gasteiger partial charge in [0.25, 0.3) is 0 Å². The lowest BCUT2D eigenvalue weighted by Crippen LogP contribution is -2.44. The molecule has 5 heteroatoms. The minimum atomic E-state index is -0.940. The summed E-state index contributed by atoms with van der Waals surface area (Å²) < 4.78 is 0. The van der Waals surface area contributed by atoms with Crippen LogP contribution in [0.3, 0.4) is 0 Å². The van der Waals surface area contributed by atoms with Crippen LogP contribution in [0.4, 0.5) is 0 Å². The third-order valence-electron chi connectivity index (χ3n) is 4.63. The zero-order valence-electron chi connectivity index (χ0n) is 13.8. The fraction of sp³-hybridized carbons (Fsp3) is 0.611. The Morgan fingerprint density at radius 2 is 2.35 bits per heavy atom. The van der Waals surface area contributed by atoms with Gasteiger partial charge in [-0.15, -0.1) is 0 Å². The van der Waals surface area contributed by atoms with Crippen LogP contribution < -0.4 is 10.6 Å². The lowest BCUT2D eigenvalue weighted by molar-refractivity contribution is -0.121. The Labute approximate surface area is 143 Å². The maximum Gasteiger partial charge on any atom is 0.219 e. The van der Waals surface area contributed by atoms with Gasteiger partial charge in [-0.05, 0) is 56.8 Å². The van der Waals surface area contributed by atoms with Crippen molar-refractivity contribution in [3.63, 3.8) is 0 Å². The normalized spacial score (nSPS) is 20.7. The Morgan fingerprint density at radius 3 is 3.00 bits per heavy atom. The van der Waals surface area contributed by atoms with Crippen molar-refractivity contribution in [1.29, 1.82) is 0 Å². The summed E-state index contributed by atoms with van der Waals surface area (Å²) in [5, 5.41) is 18.3. The van der Waals surface area contributed by atoms with Gasteiger partial charge in [-0.1, -0.05) is 23.7 Å². The molecule has 23 heavy (non-hydrogen) atoms. The molecule has 1 aliphatic heterocycles. The highest BCUT2D eigenvalue weighted by molar-refractivity contribution is 6.30. The van der Waals surface area contributed by atoms with Crippen LogP contribution in [0.15, 0.2) is 24.3 Å². The number of amides is 1. The molecular formula is C18H27ClN2O2. The van der Waals surface area contributed by atoms with Crippen molar-refractivity contribution < 1.29 is 9.90 Å². The van der Waals surface area contributed by atoms with Gasteiger partial charge in [0.05, 0.1) is 5.60 Å². The van der Waals surface area contributed by atoms with Crippen LogP contribution in [0.25, 0.3) is 0 Å². The number of carbonyl (C=O) groups excluding carboxylic acids is 1. The van der Waals surface area contributed by atoms with Crippen molar-refractivity contribution in [3.05, 3.63) is 34.9 Å². The molecule has 2 atom stereocenters. The smallest absolute Gasteiger partial charge is 0.219 e. The van der Waals surface area contributed by atoms with Crippen LogP contribution in [0.5, 0.6) is 0 Å². The van der Waals surface area contributed by atoms with Crippen molar-refractivity contribution in [2.45, 2.75) is 44.6 Å². The average Bonchev–Trinajstić information content (AvgIpc) is 2.56. The van der Waals surface area contributed by atoms with E-state index in [9.17, 15) is 9.90 Å². The first kappa shape index (κ1) is 18.2. The van der Waals surface area contributed by atoms with Gasteiger partial charge in [-0.3, -0.25) is 4.79 Å². The van der Waals surface area contributed by atoms with E-state index in [0.29, 0.717) is 30.8 Å². The SMILES string of the molecule is CCNC(=O)CCC[C@@](O)(c1cccc(Cl)c1)[C@@H]1CCCNC1. The lowest BCUT2D eigenvalue weighted by atomic mass is 9.74. The fourth-order valence-corrected chi connectivity index (χ4v) is 3.60. The van der Waals surface area contributed by atoms with Gasteiger partial charge < -0.3 is 15.7 Å². The summed E-state index contributed by atoms with van der Waals surface area (Å²) in [7, 11) is 0. The lowest BCUT2D eigenvalue weighted by Gasteiger charge is -2.39. The standard InChI is InChI=1S/C18H27ClN2O2/c1-2-21-17(22)9-4-10-18(23,15-7-5-11-20-13-15)14-6-3-8-16(19)12-14/h3,6,8,12,15,20,23H,2,4-5,7,9-11,13H2,1H3,(H,21,22)/t15-,18-/m1/s1. The maximum absolute atomic E-state index is 11.7. The third kappa shape index (κ3) is 4.93. The van der Waals surface area contributed by atoms with E-state index in [1.807, 2.05) is 31.2 Å². The van der Waals surface area contributed by atoms with Gasteiger partial charge in [0.1, 0.15) is 0 Å². The molecule has 0 spiro atoms. The second-order valence-corrected chi connectivity index (χ2v) is 6.72. The molecule has 1 heterocycles. The van der Waals surface area contributed by atoms with Crippen LogP contribution in [-0.4, -0.2) is 30.6 Å². The summed E-state index contributed by atoms with van der Waals surface area (Å²) in [6, 6.07) is 7.48. The number of rotatable bonds is 7. The fourth-order valence-electron chi connectivity index (χ4n) is 3.41. The monoisotopic (exact) mass is 338 g/mol. The zero-order chi connectivity index (χ0) is 16.7. The number of carbonyl (C=O) groups is 1. The van der Waals surface area contributed by atoms with E-state index in [-0.39, 0.29) is 11.8 Å². The van der Waals surface area contributed by atoms with Gasteiger partial charge in [-0.25, -0.2) is 0 Å². The van der Waals surface area contributed by atoms with Crippen LogP contribution in [0.2, 0.25) is 5.02 Å². The third-order valence-corrected chi connectivity index (χ3v) is 4.87. The Morgan fingerprint density at radius 1 is 1.52 bits per heavy atom. The van der Waals surface area contributed by atoms with Gasteiger partial charge in [0.15, 0.2) is 0 Å². The molecule has 0 unspecified atom stereocenters. The van der Waals surface area contributed by atoms with E-state index in [0.717, 1.165) is 31.5 Å². The maximum atomic E-state index is 11.7. The Bertz CT molecular complexity index is 517. The first-order valence-electron chi connectivity index (χ1n) is 8.52. The van der Waals surface area contributed by atoms with Crippen LogP contribution in [0, 0.1) is 5.92 Å². The van der Waals surface area contributed by atoms with E-state index in [4.69, 9.17) is 11.6 Å². The number of benzene rings is 1. The number of aliphatic hydroxyl groups is 1. The van der Waals surface area contributed by atoms with E-state index < -0.39 is 5.60 Å². The Balaban J connectivity index is 2.12. The summed E-state index contributed by atoms with van der Waals surface area (Å²) in [6.07, 6.45) is 3.71. The molecule has 1 saturated heterocycles. The highest BCUT2D eigenvalue weighted by Crippen LogP contribution is 2.39. The van der Waals surface area contributed by atoms with Crippen molar-refractivity contribution in [1.82, 2.24) is 10.6 Å². The van der Waals surface area contributed by atoms with Crippen molar-refractivity contribution in [2.75, 3.05) is 19.6 Å². The predicted molar refractivity (Wildman–Crippen MR) is 93.5 cm³/mol. The molecule has 0 radical (unpaired) electrons.